The molecule has 0 aliphatic carbocycles. The normalized spacial score (nSPS) is 14.8. The molecule has 4 nitrogen and oxygen atoms in total. The molecule has 0 spiro atoms. The Balaban J connectivity index is 1.71. The molecule has 0 saturated carbocycles. The summed E-state index contributed by atoms with van der Waals surface area (Å²) in [5.74, 6) is 1.77. The highest BCUT2D eigenvalue weighted by atomic mass is 32.1. The zero-order chi connectivity index (χ0) is 16.4. The summed E-state index contributed by atoms with van der Waals surface area (Å²) in [6, 6.07) is 8.35. The van der Waals surface area contributed by atoms with Gasteiger partial charge < -0.3 is 9.47 Å². The highest BCUT2D eigenvalue weighted by Crippen LogP contribution is 2.34. The lowest BCUT2D eigenvalue weighted by Crippen LogP contribution is -2.22. The number of carbonyl (C=O) groups excluding carboxylic acids is 1. The summed E-state index contributed by atoms with van der Waals surface area (Å²) in [6.45, 7) is 5.79. The van der Waals surface area contributed by atoms with Crippen molar-refractivity contribution in [2.75, 3.05) is 20.3 Å². The van der Waals surface area contributed by atoms with E-state index in [0.29, 0.717) is 13.2 Å². The van der Waals surface area contributed by atoms with Crippen LogP contribution in [0, 0.1) is 0 Å². The van der Waals surface area contributed by atoms with E-state index in [9.17, 15) is 4.79 Å². The monoisotopic (exact) mass is 331 g/mol. The van der Waals surface area contributed by atoms with Gasteiger partial charge in [-0.25, -0.2) is 0 Å². The maximum atomic E-state index is 11.4. The Kier molecular flexibility index (Phi) is 4.68. The van der Waals surface area contributed by atoms with Gasteiger partial charge in [-0.1, -0.05) is 6.07 Å². The Morgan fingerprint density at radius 1 is 1.26 bits per heavy atom. The van der Waals surface area contributed by atoms with Crippen molar-refractivity contribution in [1.29, 1.82) is 0 Å². The maximum absolute atomic E-state index is 11.4. The summed E-state index contributed by atoms with van der Waals surface area (Å²) in [4.78, 5) is 14.5. The summed E-state index contributed by atoms with van der Waals surface area (Å²) in [5, 5.41) is 2.06. The first-order chi connectivity index (χ1) is 11.0. The number of carbonyl (C=O) groups is 1. The molecule has 1 aliphatic heterocycles. The van der Waals surface area contributed by atoms with Crippen LogP contribution in [0.25, 0.3) is 0 Å². The van der Waals surface area contributed by atoms with Crippen molar-refractivity contribution in [1.82, 2.24) is 4.90 Å². The molecule has 1 aromatic carbocycles. The van der Waals surface area contributed by atoms with Gasteiger partial charge in [0.15, 0.2) is 17.3 Å². The number of benzene rings is 1. The first-order valence-corrected chi connectivity index (χ1v) is 8.60. The van der Waals surface area contributed by atoms with Crippen LogP contribution in [0.4, 0.5) is 0 Å². The van der Waals surface area contributed by atoms with Gasteiger partial charge in [-0.05, 0) is 55.6 Å². The quantitative estimate of drug-likeness (QED) is 0.779. The van der Waals surface area contributed by atoms with E-state index < -0.39 is 0 Å². The molecule has 0 amide bonds. The van der Waals surface area contributed by atoms with E-state index in [1.165, 1.54) is 22.5 Å². The van der Waals surface area contributed by atoms with Crippen LogP contribution in [0.3, 0.4) is 0 Å². The van der Waals surface area contributed by atoms with E-state index in [0.717, 1.165) is 22.9 Å². The fraction of sp³-hybridized carbons (Fsp3) is 0.389. The molecule has 0 bridgehead atoms. The van der Waals surface area contributed by atoms with Crippen molar-refractivity contribution in [2.24, 2.45) is 0 Å². The van der Waals surface area contributed by atoms with Crippen molar-refractivity contribution in [3.63, 3.8) is 0 Å². The Bertz CT molecular complexity index is 710. The Morgan fingerprint density at radius 2 is 2.00 bits per heavy atom. The number of hydrogen-bond acceptors (Lipinski definition) is 5. The molecule has 1 aliphatic rings. The first kappa shape index (κ1) is 16.0. The first-order valence-electron chi connectivity index (χ1n) is 7.72. The smallest absolute Gasteiger partial charge is 0.169 e. The second kappa shape index (κ2) is 6.72. The SMILES string of the molecule is CC(=O)c1cc(CN(C)[C@H](C)c2ccc3c(c2)OCCO3)cs1. The third kappa shape index (κ3) is 3.57. The minimum atomic E-state index is 0.129. The molecule has 23 heavy (non-hydrogen) atoms. The second-order valence-corrected chi connectivity index (χ2v) is 6.78. The number of hydrogen-bond donors (Lipinski definition) is 0. The lowest BCUT2D eigenvalue weighted by Gasteiger charge is -2.26. The Hall–Kier alpha value is -1.85. The van der Waals surface area contributed by atoms with Crippen LogP contribution in [-0.2, 0) is 6.54 Å². The van der Waals surface area contributed by atoms with Crippen LogP contribution in [0.5, 0.6) is 11.5 Å². The average molecular weight is 331 g/mol. The van der Waals surface area contributed by atoms with Crippen molar-refractivity contribution in [2.45, 2.75) is 26.4 Å². The van der Waals surface area contributed by atoms with Crippen molar-refractivity contribution < 1.29 is 14.3 Å². The molecular formula is C18H21NO3S. The number of rotatable bonds is 5. The topological polar surface area (TPSA) is 38.8 Å². The Morgan fingerprint density at radius 3 is 2.70 bits per heavy atom. The predicted molar refractivity (Wildman–Crippen MR) is 91.6 cm³/mol. The number of ether oxygens (including phenoxy) is 2. The summed E-state index contributed by atoms with van der Waals surface area (Å²) in [7, 11) is 2.09. The fourth-order valence-electron chi connectivity index (χ4n) is 2.64. The lowest BCUT2D eigenvalue weighted by molar-refractivity contribution is 0.102. The number of nitrogens with zero attached hydrogens (tertiary/aromatic N) is 1. The van der Waals surface area contributed by atoms with Crippen LogP contribution < -0.4 is 9.47 Å². The highest BCUT2D eigenvalue weighted by molar-refractivity contribution is 7.12. The zero-order valence-electron chi connectivity index (χ0n) is 13.7. The number of fused-ring (bicyclic) bond motifs is 1. The molecular weight excluding hydrogens is 310 g/mol. The van der Waals surface area contributed by atoms with E-state index >= 15 is 0 Å². The van der Waals surface area contributed by atoms with Crippen LogP contribution >= 0.6 is 11.3 Å². The number of Topliss-reactive ketones (excluding diaryl/α,β-unsaturated/α-hetero) is 1. The molecule has 1 aromatic heterocycles. The number of ketones is 1. The molecule has 0 saturated heterocycles. The van der Waals surface area contributed by atoms with Gasteiger partial charge in [-0.3, -0.25) is 9.69 Å². The largest absolute Gasteiger partial charge is 0.486 e. The number of thiophene rings is 1. The molecule has 0 fully saturated rings. The van der Waals surface area contributed by atoms with Crippen molar-refractivity contribution >= 4 is 17.1 Å². The van der Waals surface area contributed by atoms with Crippen LogP contribution in [0.1, 0.15) is 40.7 Å². The molecule has 0 N–H and O–H groups in total. The molecule has 0 radical (unpaired) electrons. The van der Waals surface area contributed by atoms with Crippen LogP contribution in [0.2, 0.25) is 0 Å². The molecule has 2 heterocycles. The Labute approximate surface area is 140 Å². The van der Waals surface area contributed by atoms with Crippen LogP contribution in [0.15, 0.2) is 29.6 Å². The van der Waals surface area contributed by atoms with Crippen LogP contribution in [-0.4, -0.2) is 30.9 Å². The summed E-state index contributed by atoms with van der Waals surface area (Å²) >= 11 is 1.51. The van der Waals surface area contributed by atoms with Gasteiger partial charge in [0, 0.05) is 12.6 Å². The minimum Gasteiger partial charge on any atom is -0.486 e. The summed E-state index contributed by atoms with van der Waals surface area (Å²) in [5.41, 5.74) is 2.37. The van der Waals surface area contributed by atoms with Gasteiger partial charge in [0.2, 0.25) is 0 Å². The van der Waals surface area contributed by atoms with Gasteiger partial charge >= 0.3 is 0 Å². The third-order valence-corrected chi connectivity index (χ3v) is 5.22. The lowest BCUT2D eigenvalue weighted by atomic mass is 10.1. The van der Waals surface area contributed by atoms with E-state index in [1.54, 1.807) is 6.92 Å². The van der Waals surface area contributed by atoms with Gasteiger partial charge in [0.25, 0.3) is 0 Å². The van der Waals surface area contributed by atoms with E-state index in [4.69, 9.17) is 9.47 Å². The molecule has 3 rings (SSSR count). The van der Waals surface area contributed by atoms with Crippen molar-refractivity contribution in [3.8, 4) is 11.5 Å². The van der Waals surface area contributed by atoms with E-state index in [-0.39, 0.29) is 11.8 Å². The minimum absolute atomic E-state index is 0.129. The van der Waals surface area contributed by atoms with Crippen molar-refractivity contribution in [3.05, 3.63) is 45.6 Å². The molecule has 2 aromatic rings. The standard InChI is InChI=1S/C18H21NO3S/c1-12(15-4-5-16-17(9-15)22-7-6-21-16)19(3)10-14-8-18(13(2)20)23-11-14/h4-5,8-9,11-12H,6-7,10H2,1-3H3/t12-/m1/s1. The predicted octanol–water partition coefficient (Wildman–Crippen LogP) is 3.91. The van der Waals surface area contributed by atoms with Gasteiger partial charge in [-0.2, -0.15) is 0 Å². The molecule has 122 valence electrons. The van der Waals surface area contributed by atoms with Gasteiger partial charge in [0.05, 0.1) is 4.88 Å². The maximum Gasteiger partial charge on any atom is 0.169 e. The average Bonchev–Trinajstić information content (AvgIpc) is 3.02. The molecule has 0 unspecified atom stereocenters. The molecule has 5 heteroatoms. The van der Waals surface area contributed by atoms with E-state index in [2.05, 4.69) is 36.4 Å². The zero-order valence-corrected chi connectivity index (χ0v) is 14.5. The summed E-state index contributed by atoms with van der Waals surface area (Å²) < 4.78 is 11.2. The van der Waals surface area contributed by atoms with E-state index in [1.807, 2.05) is 12.1 Å². The van der Waals surface area contributed by atoms with Gasteiger partial charge in [-0.15, -0.1) is 11.3 Å². The van der Waals surface area contributed by atoms with Gasteiger partial charge in [0.1, 0.15) is 13.2 Å². The second-order valence-electron chi connectivity index (χ2n) is 5.87. The molecule has 1 atom stereocenters. The fourth-order valence-corrected chi connectivity index (χ4v) is 3.45. The highest BCUT2D eigenvalue weighted by Gasteiger charge is 2.17. The summed E-state index contributed by atoms with van der Waals surface area (Å²) in [6.07, 6.45) is 0. The third-order valence-electron chi connectivity index (χ3n) is 4.14.